The van der Waals surface area contributed by atoms with Gasteiger partial charge in [-0.05, 0) is 28.1 Å². The van der Waals surface area contributed by atoms with Crippen molar-refractivity contribution >= 4 is 32.8 Å². The van der Waals surface area contributed by atoms with Gasteiger partial charge in [0.1, 0.15) is 0 Å². The molecule has 0 unspecified atom stereocenters. The van der Waals surface area contributed by atoms with Crippen LogP contribution in [0.3, 0.4) is 0 Å². The van der Waals surface area contributed by atoms with Crippen molar-refractivity contribution in [2.45, 2.75) is 0 Å². The second kappa shape index (κ2) is 4.05. The molecule has 0 saturated carbocycles. The van der Waals surface area contributed by atoms with Gasteiger partial charge in [0.2, 0.25) is 11.7 Å². The van der Waals surface area contributed by atoms with Crippen LogP contribution in [0.25, 0.3) is 10.9 Å². The molecule has 0 bridgehead atoms. The molecule has 82 valence electrons. The number of carboxylic acid groups (broad SMARTS) is 1. The number of aromatic carboxylic acids is 1. The second-order valence-electron chi connectivity index (χ2n) is 3.00. The number of nitrogens with zero attached hydrogens (tertiary/aromatic N) is 2. The molecule has 0 saturated heterocycles. The fraction of sp³-hybridized carbons (Fsp3) is 0.100. The molecule has 1 aromatic carbocycles. The van der Waals surface area contributed by atoms with Crippen molar-refractivity contribution in [3.05, 3.63) is 28.5 Å². The number of hydrogen-bond donors (Lipinski definition) is 1. The fourth-order valence-electron chi connectivity index (χ4n) is 1.34. The van der Waals surface area contributed by atoms with E-state index < -0.39 is 5.97 Å². The molecule has 1 N–H and O–H groups in total. The molecule has 0 radical (unpaired) electrons. The van der Waals surface area contributed by atoms with E-state index in [1.807, 2.05) is 0 Å². The second-order valence-corrected chi connectivity index (χ2v) is 3.85. The van der Waals surface area contributed by atoms with Crippen LogP contribution in [0.15, 0.2) is 22.7 Å². The maximum Gasteiger partial charge on any atom is 0.374 e. The van der Waals surface area contributed by atoms with Crippen molar-refractivity contribution in [3.63, 3.8) is 0 Å². The molecule has 6 heteroatoms. The van der Waals surface area contributed by atoms with E-state index in [-0.39, 0.29) is 11.7 Å². The number of fused-ring (bicyclic) bond motifs is 1. The number of carbonyl (C=O) groups is 1. The Morgan fingerprint density at radius 1 is 1.44 bits per heavy atom. The Balaban J connectivity index is 2.84. The zero-order chi connectivity index (χ0) is 11.7. The molecule has 0 aliphatic carbocycles. The summed E-state index contributed by atoms with van der Waals surface area (Å²) in [5.41, 5.74) is 0.520. The van der Waals surface area contributed by atoms with E-state index >= 15 is 0 Å². The lowest BCUT2D eigenvalue weighted by molar-refractivity contribution is 0.0683. The first kappa shape index (κ1) is 10.8. The first-order valence-electron chi connectivity index (χ1n) is 4.37. The van der Waals surface area contributed by atoms with E-state index in [2.05, 4.69) is 25.9 Å². The molecule has 16 heavy (non-hydrogen) atoms. The zero-order valence-corrected chi connectivity index (χ0v) is 9.85. The van der Waals surface area contributed by atoms with E-state index in [1.54, 1.807) is 18.2 Å². The van der Waals surface area contributed by atoms with Crippen LogP contribution in [0.4, 0.5) is 0 Å². The molecule has 0 atom stereocenters. The van der Waals surface area contributed by atoms with E-state index in [0.717, 1.165) is 0 Å². The standard InChI is InChI=1S/C10H7BrN2O3/c1-16-9-5-3-2-4-6(11)7(5)12-8(13-9)10(14)15/h2-4H,1H3,(H,14,15). The van der Waals surface area contributed by atoms with Gasteiger partial charge in [-0.25, -0.2) is 9.78 Å². The van der Waals surface area contributed by atoms with Crippen LogP contribution in [0.5, 0.6) is 5.88 Å². The van der Waals surface area contributed by atoms with Gasteiger partial charge in [0, 0.05) is 4.47 Å². The topological polar surface area (TPSA) is 72.3 Å². The lowest BCUT2D eigenvalue weighted by atomic mass is 10.2. The van der Waals surface area contributed by atoms with Gasteiger partial charge in [-0.2, -0.15) is 4.98 Å². The van der Waals surface area contributed by atoms with Gasteiger partial charge in [0.15, 0.2) is 0 Å². The van der Waals surface area contributed by atoms with Crippen molar-refractivity contribution < 1.29 is 14.6 Å². The monoisotopic (exact) mass is 282 g/mol. The summed E-state index contributed by atoms with van der Waals surface area (Å²) in [7, 11) is 1.44. The number of hydrogen-bond acceptors (Lipinski definition) is 4. The third-order valence-electron chi connectivity index (χ3n) is 2.03. The van der Waals surface area contributed by atoms with Gasteiger partial charge in [-0.15, -0.1) is 0 Å². The number of para-hydroxylation sites is 1. The van der Waals surface area contributed by atoms with Crippen LogP contribution in [-0.2, 0) is 0 Å². The Bertz CT molecular complexity index is 571. The molecule has 2 aromatic rings. The predicted octanol–water partition coefficient (Wildman–Crippen LogP) is 2.10. The molecule has 1 heterocycles. The number of ether oxygens (including phenoxy) is 1. The summed E-state index contributed by atoms with van der Waals surface area (Å²) in [6, 6.07) is 5.35. The van der Waals surface area contributed by atoms with Gasteiger partial charge < -0.3 is 9.84 Å². The van der Waals surface area contributed by atoms with Crippen LogP contribution in [0, 0.1) is 0 Å². The average Bonchev–Trinajstić information content (AvgIpc) is 2.28. The Hall–Kier alpha value is -1.69. The molecule has 0 spiro atoms. The van der Waals surface area contributed by atoms with Crippen molar-refractivity contribution in [3.8, 4) is 5.88 Å². The van der Waals surface area contributed by atoms with Crippen molar-refractivity contribution in [1.82, 2.24) is 9.97 Å². The van der Waals surface area contributed by atoms with Gasteiger partial charge in [0.25, 0.3) is 0 Å². The summed E-state index contributed by atoms with van der Waals surface area (Å²) in [6.45, 7) is 0. The SMILES string of the molecule is COc1nc(C(=O)O)nc2c(Br)cccc12. The highest BCUT2D eigenvalue weighted by Crippen LogP contribution is 2.27. The molecule has 0 amide bonds. The smallest absolute Gasteiger partial charge is 0.374 e. The van der Waals surface area contributed by atoms with Crippen LogP contribution in [0.2, 0.25) is 0 Å². The Kier molecular flexibility index (Phi) is 2.74. The van der Waals surface area contributed by atoms with E-state index in [0.29, 0.717) is 15.4 Å². The van der Waals surface area contributed by atoms with Crippen LogP contribution < -0.4 is 4.74 Å². The molecule has 0 fully saturated rings. The summed E-state index contributed by atoms with van der Waals surface area (Å²) < 4.78 is 5.74. The average molecular weight is 283 g/mol. The number of halogens is 1. The summed E-state index contributed by atoms with van der Waals surface area (Å²) in [6.07, 6.45) is 0. The molecule has 0 aliphatic rings. The first-order valence-corrected chi connectivity index (χ1v) is 5.16. The van der Waals surface area contributed by atoms with Crippen molar-refractivity contribution in [1.29, 1.82) is 0 Å². The van der Waals surface area contributed by atoms with E-state index in [4.69, 9.17) is 9.84 Å². The third kappa shape index (κ3) is 1.71. The summed E-state index contributed by atoms with van der Waals surface area (Å²) in [4.78, 5) is 18.6. The minimum Gasteiger partial charge on any atom is -0.480 e. The molecule has 0 aliphatic heterocycles. The highest BCUT2D eigenvalue weighted by Gasteiger charge is 2.14. The third-order valence-corrected chi connectivity index (χ3v) is 2.67. The Morgan fingerprint density at radius 3 is 2.81 bits per heavy atom. The highest BCUT2D eigenvalue weighted by atomic mass is 79.9. The molecular weight excluding hydrogens is 276 g/mol. The molecule has 5 nitrogen and oxygen atoms in total. The number of benzene rings is 1. The maximum absolute atomic E-state index is 10.8. The summed E-state index contributed by atoms with van der Waals surface area (Å²) >= 11 is 3.30. The summed E-state index contributed by atoms with van der Waals surface area (Å²) in [5, 5.41) is 9.53. The number of rotatable bonds is 2. The van der Waals surface area contributed by atoms with Gasteiger partial charge in [-0.1, -0.05) is 6.07 Å². The normalized spacial score (nSPS) is 10.4. The van der Waals surface area contributed by atoms with Gasteiger partial charge in [0.05, 0.1) is 18.0 Å². The van der Waals surface area contributed by atoms with Crippen LogP contribution in [0.1, 0.15) is 10.6 Å². The number of methoxy groups -OCH3 is 1. The highest BCUT2D eigenvalue weighted by molar-refractivity contribution is 9.10. The zero-order valence-electron chi connectivity index (χ0n) is 8.27. The summed E-state index contributed by atoms with van der Waals surface area (Å²) in [5.74, 6) is -1.21. The lowest BCUT2D eigenvalue weighted by Gasteiger charge is -2.06. The Labute approximate surface area is 99.2 Å². The first-order chi connectivity index (χ1) is 7.63. The predicted molar refractivity (Wildman–Crippen MR) is 60.7 cm³/mol. The van der Waals surface area contributed by atoms with Crippen molar-refractivity contribution in [2.24, 2.45) is 0 Å². The molecule has 1 aromatic heterocycles. The van der Waals surface area contributed by atoms with Crippen LogP contribution >= 0.6 is 15.9 Å². The van der Waals surface area contributed by atoms with E-state index in [1.165, 1.54) is 7.11 Å². The minimum atomic E-state index is -1.18. The van der Waals surface area contributed by atoms with Crippen molar-refractivity contribution in [2.75, 3.05) is 7.11 Å². The van der Waals surface area contributed by atoms with E-state index in [9.17, 15) is 4.79 Å². The molecule has 2 rings (SSSR count). The van der Waals surface area contributed by atoms with Gasteiger partial charge >= 0.3 is 5.97 Å². The van der Waals surface area contributed by atoms with Gasteiger partial charge in [-0.3, -0.25) is 0 Å². The quantitative estimate of drug-likeness (QED) is 0.913. The largest absolute Gasteiger partial charge is 0.480 e. The fourth-order valence-corrected chi connectivity index (χ4v) is 1.79. The number of carboxylic acids is 1. The minimum absolute atomic E-state index is 0.253. The molecular formula is C10H7BrN2O3. The maximum atomic E-state index is 10.8. The number of aromatic nitrogens is 2. The Morgan fingerprint density at radius 2 is 2.19 bits per heavy atom. The lowest BCUT2D eigenvalue weighted by Crippen LogP contribution is -2.06. The van der Waals surface area contributed by atoms with Crippen LogP contribution in [-0.4, -0.2) is 28.2 Å².